The SMILES string of the molecule is COc1ccccc1OC(C)c1nnc(SCC(=O)c2ccc(Cl)cc2Cl)n1CC(C)C. The van der Waals surface area contributed by atoms with Crippen LogP contribution in [-0.4, -0.2) is 33.4 Å². The van der Waals surface area contributed by atoms with E-state index in [2.05, 4.69) is 24.0 Å². The van der Waals surface area contributed by atoms with E-state index >= 15 is 0 Å². The molecule has 2 aromatic carbocycles. The van der Waals surface area contributed by atoms with Gasteiger partial charge in [0.25, 0.3) is 0 Å². The van der Waals surface area contributed by atoms with E-state index in [1.165, 1.54) is 11.8 Å². The van der Waals surface area contributed by atoms with Gasteiger partial charge in [-0.2, -0.15) is 0 Å². The lowest BCUT2D eigenvalue weighted by Gasteiger charge is -2.19. The molecular formula is C23H25Cl2N3O3S. The van der Waals surface area contributed by atoms with Crippen LogP contribution in [0.1, 0.15) is 43.1 Å². The summed E-state index contributed by atoms with van der Waals surface area (Å²) in [4.78, 5) is 12.7. The summed E-state index contributed by atoms with van der Waals surface area (Å²) in [5.74, 6) is 2.39. The molecule has 32 heavy (non-hydrogen) atoms. The van der Waals surface area contributed by atoms with Crippen molar-refractivity contribution in [1.82, 2.24) is 14.8 Å². The second-order valence-electron chi connectivity index (χ2n) is 7.59. The van der Waals surface area contributed by atoms with Crippen molar-refractivity contribution < 1.29 is 14.3 Å². The van der Waals surface area contributed by atoms with Crippen molar-refractivity contribution in [1.29, 1.82) is 0 Å². The highest BCUT2D eigenvalue weighted by Gasteiger charge is 2.22. The molecule has 3 aromatic rings. The van der Waals surface area contributed by atoms with Crippen molar-refractivity contribution in [2.75, 3.05) is 12.9 Å². The molecule has 0 saturated carbocycles. The number of aromatic nitrogens is 3. The maximum atomic E-state index is 12.7. The van der Waals surface area contributed by atoms with Gasteiger partial charge in [-0.15, -0.1) is 10.2 Å². The van der Waals surface area contributed by atoms with Crippen LogP contribution >= 0.6 is 35.0 Å². The normalized spacial score (nSPS) is 12.1. The Bertz CT molecular complexity index is 1090. The summed E-state index contributed by atoms with van der Waals surface area (Å²) in [5.41, 5.74) is 0.437. The van der Waals surface area contributed by atoms with Crippen LogP contribution < -0.4 is 9.47 Å². The Morgan fingerprint density at radius 3 is 2.47 bits per heavy atom. The lowest BCUT2D eigenvalue weighted by atomic mass is 10.1. The van der Waals surface area contributed by atoms with Gasteiger partial charge in [0.15, 0.2) is 34.4 Å². The summed E-state index contributed by atoms with van der Waals surface area (Å²) >= 11 is 13.4. The van der Waals surface area contributed by atoms with Crippen molar-refractivity contribution in [3.63, 3.8) is 0 Å². The number of hydrogen-bond acceptors (Lipinski definition) is 6. The minimum Gasteiger partial charge on any atom is -0.493 e. The van der Waals surface area contributed by atoms with E-state index in [0.717, 1.165) is 0 Å². The zero-order valence-electron chi connectivity index (χ0n) is 18.3. The van der Waals surface area contributed by atoms with E-state index in [-0.39, 0.29) is 17.6 Å². The zero-order valence-corrected chi connectivity index (χ0v) is 20.7. The summed E-state index contributed by atoms with van der Waals surface area (Å²) in [6, 6.07) is 12.3. The van der Waals surface area contributed by atoms with Gasteiger partial charge in [0.1, 0.15) is 0 Å². The fourth-order valence-electron chi connectivity index (χ4n) is 3.13. The van der Waals surface area contributed by atoms with E-state index < -0.39 is 0 Å². The minimum atomic E-state index is -0.367. The van der Waals surface area contributed by atoms with Gasteiger partial charge < -0.3 is 14.0 Å². The van der Waals surface area contributed by atoms with Crippen molar-refractivity contribution in [2.45, 2.75) is 38.6 Å². The lowest BCUT2D eigenvalue weighted by Crippen LogP contribution is -2.16. The standard InChI is InChI=1S/C23H25Cl2N3O3S/c1-14(2)12-28-22(15(3)31-21-8-6-5-7-20(21)30-4)26-27-23(28)32-13-19(29)17-10-9-16(24)11-18(17)25/h5-11,14-15H,12-13H2,1-4H3. The molecule has 1 heterocycles. The number of rotatable bonds is 10. The van der Waals surface area contributed by atoms with Crippen molar-refractivity contribution in [3.05, 3.63) is 63.9 Å². The monoisotopic (exact) mass is 493 g/mol. The predicted octanol–water partition coefficient (Wildman–Crippen LogP) is 6.36. The van der Waals surface area contributed by atoms with E-state index in [1.54, 1.807) is 25.3 Å². The number of ether oxygens (including phenoxy) is 2. The Morgan fingerprint density at radius 2 is 1.81 bits per heavy atom. The third-order valence-electron chi connectivity index (χ3n) is 4.59. The van der Waals surface area contributed by atoms with Crippen molar-refractivity contribution >= 4 is 40.7 Å². The molecule has 1 unspecified atom stereocenters. The Balaban J connectivity index is 1.79. The molecule has 9 heteroatoms. The number of nitrogens with zero attached hydrogens (tertiary/aromatic N) is 3. The summed E-state index contributed by atoms with van der Waals surface area (Å²) in [7, 11) is 1.60. The number of ketones is 1. The Kier molecular flexibility index (Phi) is 8.45. The summed E-state index contributed by atoms with van der Waals surface area (Å²) in [5, 5.41) is 10.2. The average molecular weight is 494 g/mol. The second kappa shape index (κ2) is 11.1. The van der Waals surface area contributed by atoms with Gasteiger partial charge in [0.05, 0.1) is 17.9 Å². The second-order valence-corrected chi connectivity index (χ2v) is 9.38. The molecule has 0 saturated heterocycles. The third kappa shape index (κ3) is 5.97. The first-order valence-electron chi connectivity index (χ1n) is 10.1. The molecule has 170 valence electrons. The Labute approximate surface area is 202 Å². The summed E-state index contributed by atoms with van der Waals surface area (Å²) in [6.45, 7) is 6.84. The average Bonchev–Trinajstić information content (AvgIpc) is 3.14. The maximum Gasteiger partial charge on any atom is 0.191 e. The first kappa shape index (κ1) is 24.4. The van der Waals surface area contributed by atoms with Crippen LogP contribution in [0, 0.1) is 5.92 Å². The lowest BCUT2D eigenvalue weighted by molar-refractivity contribution is 0.102. The van der Waals surface area contributed by atoms with E-state index in [9.17, 15) is 4.79 Å². The predicted molar refractivity (Wildman–Crippen MR) is 128 cm³/mol. The number of halogens is 2. The van der Waals surface area contributed by atoms with Crippen LogP contribution in [-0.2, 0) is 6.54 Å². The number of methoxy groups -OCH3 is 1. The smallest absolute Gasteiger partial charge is 0.191 e. The van der Waals surface area contributed by atoms with Crippen molar-refractivity contribution in [3.8, 4) is 11.5 Å². The Morgan fingerprint density at radius 1 is 1.09 bits per heavy atom. The highest BCUT2D eigenvalue weighted by atomic mass is 35.5. The molecule has 1 atom stereocenters. The molecule has 0 fully saturated rings. The first-order valence-corrected chi connectivity index (χ1v) is 11.9. The molecule has 0 bridgehead atoms. The molecule has 0 aliphatic heterocycles. The molecule has 3 rings (SSSR count). The van der Waals surface area contributed by atoms with Gasteiger partial charge in [0.2, 0.25) is 0 Å². The number of Topliss-reactive ketones (excluding diaryl/α,β-unsaturated/α-hetero) is 1. The van der Waals surface area contributed by atoms with Gasteiger partial charge in [-0.25, -0.2) is 0 Å². The van der Waals surface area contributed by atoms with E-state index in [4.69, 9.17) is 32.7 Å². The molecule has 0 spiro atoms. The largest absolute Gasteiger partial charge is 0.493 e. The van der Waals surface area contributed by atoms with Crippen LogP contribution in [0.2, 0.25) is 10.0 Å². The van der Waals surface area contributed by atoms with Crippen LogP contribution in [0.3, 0.4) is 0 Å². The number of hydrogen-bond donors (Lipinski definition) is 0. The molecule has 6 nitrogen and oxygen atoms in total. The number of para-hydroxylation sites is 2. The van der Waals surface area contributed by atoms with Crippen LogP contribution in [0.4, 0.5) is 0 Å². The molecule has 0 aliphatic rings. The van der Waals surface area contributed by atoms with E-state index in [1.807, 2.05) is 35.8 Å². The van der Waals surface area contributed by atoms with Gasteiger partial charge >= 0.3 is 0 Å². The quantitative estimate of drug-likeness (QED) is 0.241. The van der Waals surface area contributed by atoms with Crippen molar-refractivity contribution in [2.24, 2.45) is 5.92 Å². The highest BCUT2D eigenvalue weighted by molar-refractivity contribution is 7.99. The van der Waals surface area contributed by atoms with Gasteiger partial charge in [-0.05, 0) is 43.2 Å². The molecule has 0 amide bonds. The number of carbonyl (C=O) groups is 1. The van der Waals surface area contributed by atoms with Gasteiger partial charge in [0, 0.05) is 17.1 Å². The number of carbonyl (C=O) groups excluding carboxylic acids is 1. The first-order chi connectivity index (χ1) is 15.3. The molecular weight excluding hydrogens is 469 g/mol. The van der Waals surface area contributed by atoms with Gasteiger partial charge in [-0.3, -0.25) is 4.79 Å². The topological polar surface area (TPSA) is 66.2 Å². The minimum absolute atomic E-state index is 0.101. The summed E-state index contributed by atoms with van der Waals surface area (Å²) in [6.07, 6.45) is -0.367. The molecule has 0 aliphatic carbocycles. The van der Waals surface area contributed by atoms with E-state index in [0.29, 0.717) is 50.6 Å². The van der Waals surface area contributed by atoms with Crippen LogP contribution in [0.25, 0.3) is 0 Å². The number of benzene rings is 2. The zero-order chi connectivity index (χ0) is 23.3. The van der Waals surface area contributed by atoms with Crippen LogP contribution in [0.15, 0.2) is 47.6 Å². The fourth-order valence-corrected chi connectivity index (χ4v) is 4.48. The number of thioether (sulfide) groups is 1. The maximum absolute atomic E-state index is 12.7. The van der Waals surface area contributed by atoms with Gasteiger partial charge in [-0.1, -0.05) is 60.9 Å². The molecule has 0 N–H and O–H groups in total. The molecule has 1 aromatic heterocycles. The summed E-state index contributed by atoms with van der Waals surface area (Å²) < 4.78 is 13.5. The third-order valence-corrected chi connectivity index (χ3v) is 6.11. The fraction of sp³-hybridized carbons (Fsp3) is 0.348. The Hall–Kier alpha value is -2.22. The van der Waals surface area contributed by atoms with Crippen LogP contribution in [0.5, 0.6) is 11.5 Å². The molecule has 0 radical (unpaired) electrons. The highest BCUT2D eigenvalue weighted by Crippen LogP contribution is 2.32.